The van der Waals surface area contributed by atoms with Crippen LogP contribution in [0, 0.1) is 18.8 Å². The van der Waals surface area contributed by atoms with Gasteiger partial charge >= 0.3 is 5.97 Å². The van der Waals surface area contributed by atoms with E-state index < -0.39 is 18.6 Å². The van der Waals surface area contributed by atoms with Crippen molar-refractivity contribution in [3.8, 4) is 11.3 Å². The van der Waals surface area contributed by atoms with Gasteiger partial charge < -0.3 is 9.64 Å². The Hall–Kier alpha value is -3.07. The third-order valence-corrected chi connectivity index (χ3v) is 7.91. The molecule has 34 heavy (non-hydrogen) atoms. The number of aryl methyl sites for hydroxylation is 1. The number of ether oxygens (including phenoxy) is 1. The van der Waals surface area contributed by atoms with E-state index >= 15 is 0 Å². The van der Waals surface area contributed by atoms with Crippen LogP contribution in [0.1, 0.15) is 43.2 Å². The van der Waals surface area contributed by atoms with Gasteiger partial charge in [-0.15, -0.1) is 11.3 Å². The molecule has 3 aliphatic rings. The van der Waals surface area contributed by atoms with E-state index in [-0.39, 0.29) is 29.6 Å². The predicted octanol–water partition coefficient (Wildman–Crippen LogP) is 3.11. The van der Waals surface area contributed by atoms with Crippen molar-refractivity contribution in [2.45, 2.75) is 52.0 Å². The highest BCUT2D eigenvalue weighted by molar-refractivity contribution is 7.09. The van der Waals surface area contributed by atoms with E-state index in [0.29, 0.717) is 25.8 Å². The van der Waals surface area contributed by atoms with Crippen LogP contribution in [0.3, 0.4) is 0 Å². The molecule has 8 nitrogen and oxygen atoms in total. The number of hydrogen-bond acceptors (Lipinski definition) is 7. The van der Waals surface area contributed by atoms with E-state index in [1.165, 1.54) is 6.92 Å². The largest absolute Gasteiger partial charge is 0.454 e. The zero-order valence-electron chi connectivity index (χ0n) is 19.3. The van der Waals surface area contributed by atoms with E-state index in [2.05, 4.69) is 11.1 Å². The van der Waals surface area contributed by atoms with Crippen molar-refractivity contribution in [1.82, 2.24) is 9.88 Å². The number of hydrogen-bond donors (Lipinski definition) is 0. The maximum Gasteiger partial charge on any atom is 0.329 e. The van der Waals surface area contributed by atoms with Gasteiger partial charge in [0.2, 0.25) is 11.8 Å². The molecule has 0 N–H and O–H groups in total. The minimum atomic E-state index is -1.03. The lowest BCUT2D eigenvalue weighted by Crippen LogP contribution is -2.45. The molecule has 1 aromatic carbocycles. The number of thiazole rings is 1. The van der Waals surface area contributed by atoms with Gasteiger partial charge in [0.25, 0.3) is 5.91 Å². The third kappa shape index (κ3) is 3.91. The molecule has 178 valence electrons. The summed E-state index contributed by atoms with van der Waals surface area (Å²) in [5, 5.41) is 3.01. The Morgan fingerprint density at radius 1 is 1.18 bits per heavy atom. The maximum absolute atomic E-state index is 12.8. The average Bonchev–Trinajstić information content (AvgIpc) is 3.53. The zero-order valence-corrected chi connectivity index (χ0v) is 20.1. The van der Waals surface area contributed by atoms with Crippen LogP contribution in [0.2, 0.25) is 0 Å². The molecule has 3 amide bonds. The highest BCUT2D eigenvalue weighted by Crippen LogP contribution is 2.39. The molecule has 3 atom stereocenters. The number of nitrogens with zero attached hydrogens (tertiary/aromatic N) is 3. The summed E-state index contributed by atoms with van der Waals surface area (Å²) in [4.78, 5) is 58.1. The summed E-state index contributed by atoms with van der Waals surface area (Å²) in [5.74, 6) is -2.28. The van der Waals surface area contributed by atoms with E-state index in [0.717, 1.165) is 45.3 Å². The number of imide groups is 1. The molecule has 0 bridgehead atoms. The molecule has 9 heteroatoms. The summed E-state index contributed by atoms with van der Waals surface area (Å²) in [7, 11) is 0. The van der Waals surface area contributed by atoms with Crippen LogP contribution < -0.4 is 4.90 Å². The van der Waals surface area contributed by atoms with Gasteiger partial charge in [-0.05, 0) is 50.8 Å². The summed E-state index contributed by atoms with van der Waals surface area (Å²) in [6, 6.07) is 4.86. The standard InChI is InChI=1S/C25H27N3O5S/c1-14(28-23(30)18-5-3-4-6-19(18)24(28)31)25(32)33-12-22(29)27-10-9-17-11-16(7-8-21(17)27)20-13-34-15(2)26-20/h7-8,11,13-14,18-19H,3-6,9-10,12H2,1-2H3/t14-,18?,19?/m0/s1. The number of rotatable bonds is 5. The number of aromatic nitrogens is 1. The lowest BCUT2D eigenvalue weighted by atomic mass is 9.81. The molecule has 1 saturated heterocycles. The van der Waals surface area contributed by atoms with E-state index in [9.17, 15) is 19.2 Å². The molecule has 2 aliphatic heterocycles. The molecule has 1 saturated carbocycles. The van der Waals surface area contributed by atoms with Gasteiger partial charge in [0.1, 0.15) is 6.04 Å². The van der Waals surface area contributed by atoms with Crippen LogP contribution >= 0.6 is 11.3 Å². The number of likely N-dealkylation sites (tertiary alicyclic amines) is 1. The van der Waals surface area contributed by atoms with E-state index in [1.54, 1.807) is 16.2 Å². The number of amides is 3. The Morgan fingerprint density at radius 2 is 1.88 bits per heavy atom. The molecule has 3 heterocycles. The number of esters is 1. The van der Waals surface area contributed by atoms with Crippen molar-refractivity contribution in [2.75, 3.05) is 18.1 Å². The van der Waals surface area contributed by atoms with E-state index in [4.69, 9.17) is 4.74 Å². The quantitative estimate of drug-likeness (QED) is 0.481. The smallest absolute Gasteiger partial charge is 0.329 e. The third-order valence-electron chi connectivity index (χ3n) is 7.13. The monoisotopic (exact) mass is 481 g/mol. The molecular weight excluding hydrogens is 454 g/mol. The number of carbonyl (C=O) groups is 4. The predicted molar refractivity (Wildman–Crippen MR) is 126 cm³/mol. The lowest BCUT2D eigenvalue weighted by molar-refractivity contribution is -0.159. The zero-order chi connectivity index (χ0) is 24.0. The van der Waals surface area contributed by atoms with Gasteiger partial charge in [-0.3, -0.25) is 19.3 Å². The van der Waals surface area contributed by atoms with Crippen LogP contribution in [0.25, 0.3) is 11.3 Å². The molecule has 2 aromatic rings. The van der Waals surface area contributed by atoms with Crippen molar-refractivity contribution in [3.05, 3.63) is 34.2 Å². The van der Waals surface area contributed by atoms with Gasteiger partial charge in [0, 0.05) is 23.2 Å². The van der Waals surface area contributed by atoms with Crippen molar-refractivity contribution in [2.24, 2.45) is 11.8 Å². The van der Waals surface area contributed by atoms with Crippen molar-refractivity contribution in [1.29, 1.82) is 0 Å². The lowest BCUT2D eigenvalue weighted by Gasteiger charge is -2.22. The topological polar surface area (TPSA) is 96.9 Å². The average molecular weight is 482 g/mol. The summed E-state index contributed by atoms with van der Waals surface area (Å²) in [6.45, 7) is 3.53. The first-order valence-electron chi connectivity index (χ1n) is 11.7. The molecular formula is C25H27N3O5S. The highest BCUT2D eigenvalue weighted by Gasteiger charge is 2.51. The van der Waals surface area contributed by atoms with E-state index in [1.807, 2.05) is 24.4 Å². The first kappa shape index (κ1) is 22.7. The Morgan fingerprint density at radius 3 is 2.53 bits per heavy atom. The van der Waals surface area contributed by atoms with Gasteiger partial charge in [0.15, 0.2) is 6.61 Å². The highest BCUT2D eigenvalue weighted by atomic mass is 32.1. The fraction of sp³-hybridized carbons (Fsp3) is 0.480. The summed E-state index contributed by atoms with van der Waals surface area (Å²) in [6.07, 6.45) is 3.92. The normalized spacial score (nSPS) is 22.5. The van der Waals surface area contributed by atoms with Crippen molar-refractivity contribution < 1.29 is 23.9 Å². The summed E-state index contributed by atoms with van der Waals surface area (Å²) in [5.41, 5.74) is 3.79. The summed E-state index contributed by atoms with van der Waals surface area (Å²) >= 11 is 1.59. The van der Waals surface area contributed by atoms with Crippen LogP contribution in [0.4, 0.5) is 5.69 Å². The molecule has 1 aliphatic carbocycles. The van der Waals surface area contributed by atoms with Gasteiger partial charge in [0.05, 0.1) is 22.5 Å². The summed E-state index contributed by atoms with van der Waals surface area (Å²) < 4.78 is 5.27. The second kappa shape index (κ2) is 8.94. The van der Waals surface area contributed by atoms with Gasteiger partial charge in [-0.25, -0.2) is 9.78 Å². The number of anilines is 1. The number of carbonyl (C=O) groups excluding carboxylic acids is 4. The van der Waals surface area contributed by atoms with Crippen molar-refractivity contribution in [3.63, 3.8) is 0 Å². The van der Waals surface area contributed by atoms with Gasteiger partial charge in [-0.1, -0.05) is 18.9 Å². The fourth-order valence-electron chi connectivity index (χ4n) is 5.32. The fourth-order valence-corrected chi connectivity index (χ4v) is 5.94. The Balaban J connectivity index is 1.21. The van der Waals surface area contributed by atoms with Crippen molar-refractivity contribution >= 4 is 40.7 Å². The minimum Gasteiger partial charge on any atom is -0.454 e. The second-order valence-corrected chi connectivity index (χ2v) is 10.3. The van der Waals surface area contributed by atoms with Crippen LogP contribution in [-0.2, 0) is 30.3 Å². The first-order valence-corrected chi connectivity index (χ1v) is 12.6. The van der Waals surface area contributed by atoms with Crippen LogP contribution in [0.15, 0.2) is 23.6 Å². The molecule has 5 rings (SSSR count). The minimum absolute atomic E-state index is 0.287. The molecule has 1 aromatic heterocycles. The number of benzene rings is 1. The maximum atomic E-state index is 12.8. The Bertz CT molecular complexity index is 1150. The second-order valence-electron chi connectivity index (χ2n) is 9.22. The molecule has 0 spiro atoms. The molecule has 2 fully saturated rings. The first-order chi connectivity index (χ1) is 16.3. The van der Waals surface area contributed by atoms with Crippen LogP contribution in [-0.4, -0.2) is 52.8 Å². The van der Waals surface area contributed by atoms with Crippen LogP contribution in [0.5, 0.6) is 0 Å². The van der Waals surface area contributed by atoms with Gasteiger partial charge in [-0.2, -0.15) is 0 Å². The Kier molecular flexibility index (Phi) is 5.97. The number of fused-ring (bicyclic) bond motifs is 2. The Labute approximate surface area is 201 Å². The molecule has 2 unspecified atom stereocenters. The SMILES string of the molecule is Cc1nc(-c2ccc3c(c2)CCN3C(=O)COC(=O)[C@H](C)N2C(=O)C3CCCCC3C2=O)cs1. The molecule has 0 radical (unpaired) electrons.